The lowest BCUT2D eigenvalue weighted by Gasteiger charge is -2.21. The van der Waals surface area contributed by atoms with Gasteiger partial charge in [0.1, 0.15) is 11.5 Å². The van der Waals surface area contributed by atoms with E-state index in [2.05, 4.69) is 4.90 Å². The predicted octanol–water partition coefficient (Wildman–Crippen LogP) is 2.98. The van der Waals surface area contributed by atoms with E-state index in [4.69, 9.17) is 32.7 Å². The van der Waals surface area contributed by atoms with Crippen LogP contribution in [-0.2, 0) is 6.54 Å². The molecule has 0 fully saturated rings. The van der Waals surface area contributed by atoms with Gasteiger partial charge in [0.2, 0.25) is 0 Å². The van der Waals surface area contributed by atoms with Crippen molar-refractivity contribution in [3.05, 3.63) is 23.8 Å². The molecule has 0 atom stereocenters. The zero-order valence-corrected chi connectivity index (χ0v) is 12.3. The molecule has 102 valence electrons. The minimum absolute atomic E-state index is 0.593. The molecule has 3 nitrogen and oxygen atoms in total. The maximum absolute atomic E-state index is 5.78. The number of methoxy groups -OCH3 is 2. The fraction of sp³-hybridized carbons (Fsp3) is 0.538. The first-order valence-electron chi connectivity index (χ1n) is 5.80. The van der Waals surface area contributed by atoms with E-state index in [1.807, 2.05) is 18.2 Å². The van der Waals surface area contributed by atoms with Crippen LogP contribution in [0.4, 0.5) is 0 Å². The molecule has 1 aromatic carbocycles. The molecular formula is C13H19Cl2NO2. The van der Waals surface area contributed by atoms with E-state index in [-0.39, 0.29) is 0 Å². The largest absolute Gasteiger partial charge is 0.497 e. The van der Waals surface area contributed by atoms with Crippen LogP contribution in [0.15, 0.2) is 18.2 Å². The average Bonchev–Trinajstić information content (AvgIpc) is 2.39. The Morgan fingerprint density at radius 3 is 2.22 bits per heavy atom. The molecule has 0 aliphatic heterocycles. The first-order valence-corrected chi connectivity index (χ1v) is 6.87. The molecule has 0 spiro atoms. The molecule has 0 N–H and O–H groups in total. The van der Waals surface area contributed by atoms with E-state index in [0.717, 1.165) is 36.7 Å². The van der Waals surface area contributed by atoms with Gasteiger partial charge in [0.05, 0.1) is 14.2 Å². The highest BCUT2D eigenvalue weighted by atomic mass is 35.5. The zero-order valence-electron chi connectivity index (χ0n) is 10.8. The van der Waals surface area contributed by atoms with Crippen molar-refractivity contribution in [3.63, 3.8) is 0 Å². The summed E-state index contributed by atoms with van der Waals surface area (Å²) < 4.78 is 10.5. The number of nitrogens with zero attached hydrogens (tertiary/aromatic N) is 1. The lowest BCUT2D eigenvalue weighted by Crippen LogP contribution is -2.27. The van der Waals surface area contributed by atoms with Crippen LogP contribution >= 0.6 is 23.2 Å². The van der Waals surface area contributed by atoms with E-state index in [1.54, 1.807) is 14.2 Å². The number of alkyl halides is 2. The SMILES string of the molecule is COc1ccc(CN(CCCl)CCCl)c(OC)c1. The minimum Gasteiger partial charge on any atom is -0.497 e. The lowest BCUT2D eigenvalue weighted by atomic mass is 10.1. The molecule has 0 saturated carbocycles. The van der Waals surface area contributed by atoms with E-state index >= 15 is 0 Å². The van der Waals surface area contributed by atoms with Crippen LogP contribution in [0.5, 0.6) is 11.5 Å². The molecule has 0 saturated heterocycles. The molecule has 0 bridgehead atoms. The maximum atomic E-state index is 5.78. The average molecular weight is 292 g/mol. The van der Waals surface area contributed by atoms with E-state index < -0.39 is 0 Å². The molecule has 0 unspecified atom stereocenters. The molecule has 0 amide bonds. The fourth-order valence-electron chi connectivity index (χ4n) is 1.73. The standard InChI is InChI=1S/C13H19Cl2NO2/c1-17-12-4-3-11(13(9-12)18-2)10-16(7-5-14)8-6-15/h3-4,9H,5-8,10H2,1-2H3. The topological polar surface area (TPSA) is 21.7 Å². The Morgan fingerprint density at radius 2 is 1.72 bits per heavy atom. The van der Waals surface area contributed by atoms with Crippen LogP contribution in [0.1, 0.15) is 5.56 Å². The Hall–Kier alpha value is -0.640. The summed E-state index contributed by atoms with van der Waals surface area (Å²) in [5.41, 5.74) is 1.11. The number of hydrogen-bond acceptors (Lipinski definition) is 3. The summed E-state index contributed by atoms with van der Waals surface area (Å²) in [6, 6.07) is 5.82. The molecule has 1 aromatic rings. The van der Waals surface area contributed by atoms with E-state index in [0.29, 0.717) is 11.8 Å². The number of hydrogen-bond donors (Lipinski definition) is 0. The van der Waals surface area contributed by atoms with Gasteiger partial charge in [0.25, 0.3) is 0 Å². The first-order chi connectivity index (χ1) is 8.74. The summed E-state index contributed by atoms with van der Waals surface area (Å²) in [6.45, 7) is 2.39. The summed E-state index contributed by atoms with van der Waals surface area (Å²) >= 11 is 11.6. The number of rotatable bonds is 8. The summed E-state index contributed by atoms with van der Waals surface area (Å²) in [5, 5.41) is 0. The summed E-state index contributed by atoms with van der Waals surface area (Å²) in [4.78, 5) is 2.20. The molecule has 0 aromatic heterocycles. The molecule has 0 radical (unpaired) electrons. The van der Waals surface area contributed by atoms with Gasteiger partial charge < -0.3 is 9.47 Å². The molecule has 5 heteroatoms. The number of ether oxygens (including phenoxy) is 2. The minimum atomic E-state index is 0.593. The molecule has 0 heterocycles. The van der Waals surface area contributed by atoms with Crippen molar-refractivity contribution in [2.75, 3.05) is 39.1 Å². The third kappa shape index (κ3) is 4.56. The zero-order chi connectivity index (χ0) is 13.4. The molecule has 1 rings (SSSR count). The second kappa shape index (κ2) is 8.46. The predicted molar refractivity (Wildman–Crippen MR) is 76.3 cm³/mol. The van der Waals surface area contributed by atoms with Gasteiger partial charge in [0.15, 0.2) is 0 Å². The number of benzene rings is 1. The highest BCUT2D eigenvalue weighted by Crippen LogP contribution is 2.25. The third-order valence-electron chi connectivity index (χ3n) is 2.69. The van der Waals surface area contributed by atoms with Gasteiger partial charge in [-0.1, -0.05) is 6.07 Å². The van der Waals surface area contributed by atoms with Crippen molar-refractivity contribution in [3.8, 4) is 11.5 Å². The Labute approximate surface area is 119 Å². The fourth-order valence-corrected chi connectivity index (χ4v) is 2.21. The van der Waals surface area contributed by atoms with Gasteiger partial charge >= 0.3 is 0 Å². The van der Waals surface area contributed by atoms with Gasteiger partial charge in [0, 0.05) is 43.0 Å². The van der Waals surface area contributed by atoms with Gasteiger partial charge in [-0.15, -0.1) is 23.2 Å². The third-order valence-corrected chi connectivity index (χ3v) is 3.03. The molecule has 18 heavy (non-hydrogen) atoms. The summed E-state index contributed by atoms with van der Waals surface area (Å²) in [6.07, 6.45) is 0. The Bertz CT molecular complexity index is 355. The molecule has 0 aliphatic rings. The van der Waals surface area contributed by atoms with Crippen molar-refractivity contribution >= 4 is 23.2 Å². The molecule has 0 aliphatic carbocycles. The Kier molecular flexibility index (Phi) is 7.25. The van der Waals surface area contributed by atoms with Gasteiger partial charge in [-0.2, -0.15) is 0 Å². The first kappa shape index (κ1) is 15.4. The van der Waals surface area contributed by atoms with Gasteiger partial charge in [-0.05, 0) is 6.07 Å². The Morgan fingerprint density at radius 1 is 1.06 bits per heavy atom. The van der Waals surface area contributed by atoms with Crippen LogP contribution < -0.4 is 9.47 Å². The lowest BCUT2D eigenvalue weighted by molar-refractivity contribution is 0.292. The normalized spacial score (nSPS) is 10.7. The van der Waals surface area contributed by atoms with Crippen LogP contribution in [0.25, 0.3) is 0 Å². The number of halogens is 2. The highest BCUT2D eigenvalue weighted by molar-refractivity contribution is 6.18. The van der Waals surface area contributed by atoms with Crippen molar-refractivity contribution < 1.29 is 9.47 Å². The smallest absolute Gasteiger partial charge is 0.127 e. The van der Waals surface area contributed by atoms with E-state index in [9.17, 15) is 0 Å². The second-order valence-corrected chi connectivity index (χ2v) is 4.59. The maximum Gasteiger partial charge on any atom is 0.127 e. The Balaban J connectivity index is 2.80. The van der Waals surface area contributed by atoms with Crippen LogP contribution in [-0.4, -0.2) is 44.0 Å². The van der Waals surface area contributed by atoms with Crippen molar-refractivity contribution in [1.82, 2.24) is 4.90 Å². The van der Waals surface area contributed by atoms with Crippen molar-refractivity contribution in [1.29, 1.82) is 0 Å². The van der Waals surface area contributed by atoms with E-state index in [1.165, 1.54) is 0 Å². The van der Waals surface area contributed by atoms with Crippen LogP contribution in [0, 0.1) is 0 Å². The van der Waals surface area contributed by atoms with Crippen molar-refractivity contribution in [2.45, 2.75) is 6.54 Å². The quantitative estimate of drug-likeness (QED) is 0.688. The van der Waals surface area contributed by atoms with Gasteiger partial charge in [-0.25, -0.2) is 0 Å². The van der Waals surface area contributed by atoms with Crippen molar-refractivity contribution in [2.24, 2.45) is 0 Å². The van der Waals surface area contributed by atoms with Crippen LogP contribution in [0.3, 0.4) is 0 Å². The second-order valence-electron chi connectivity index (χ2n) is 3.83. The van der Waals surface area contributed by atoms with Crippen LogP contribution in [0.2, 0.25) is 0 Å². The van der Waals surface area contributed by atoms with Gasteiger partial charge in [-0.3, -0.25) is 4.90 Å². The highest BCUT2D eigenvalue weighted by Gasteiger charge is 2.10. The summed E-state index contributed by atoms with van der Waals surface area (Å²) in [7, 11) is 3.30. The molecular weight excluding hydrogens is 273 g/mol. The summed E-state index contributed by atoms with van der Waals surface area (Å²) in [5.74, 6) is 2.80. The monoisotopic (exact) mass is 291 g/mol.